The van der Waals surface area contributed by atoms with Crippen LogP contribution in [0.2, 0.25) is 5.02 Å². The van der Waals surface area contributed by atoms with Crippen molar-refractivity contribution in [2.75, 3.05) is 17.6 Å². The largest absolute Gasteiger partial charge is 0.335 e. The third-order valence-electron chi connectivity index (χ3n) is 3.69. The van der Waals surface area contributed by atoms with Crippen molar-refractivity contribution in [2.24, 2.45) is 10.4 Å². The highest BCUT2D eigenvalue weighted by atomic mass is 35.5. The van der Waals surface area contributed by atoms with Crippen molar-refractivity contribution in [2.45, 2.75) is 26.7 Å². The Bertz CT molecular complexity index is 466. The van der Waals surface area contributed by atoms with Gasteiger partial charge in [0.05, 0.1) is 0 Å². The Morgan fingerprint density at radius 3 is 2.63 bits per heavy atom. The van der Waals surface area contributed by atoms with E-state index in [1.807, 2.05) is 0 Å². The third kappa shape index (κ3) is 3.63. The van der Waals surface area contributed by atoms with Gasteiger partial charge >= 0.3 is 0 Å². The molecule has 104 valence electrons. The lowest BCUT2D eigenvalue weighted by molar-refractivity contribution is 0.318. The van der Waals surface area contributed by atoms with Gasteiger partial charge in [-0.2, -0.15) is 0 Å². The summed E-state index contributed by atoms with van der Waals surface area (Å²) in [5, 5.41) is 4.37. The van der Waals surface area contributed by atoms with Crippen LogP contribution in [0.15, 0.2) is 23.2 Å². The van der Waals surface area contributed by atoms with Gasteiger partial charge in [0.2, 0.25) is 0 Å². The van der Waals surface area contributed by atoms with Crippen LogP contribution in [0.5, 0.6) is 0 Å². The molecule has 0 atom stereocenters. The van der Waals surface area contributed by atoms with Gasteiger partial charge in [-0.05, 0) is 36.5 Å². The molecule has 1 aromatic carbocycles. The first-order chi connectivity index (χ1) is 9.07. The second kappa shape index (κ2) is 6.14. The number of nitrogens with zero attached hydrogens (tertiary/aromatic N) is 1. The van der Waals surface area contributed by atoms with Crippen molar-refractivity contribution in [3.05, 3.63) is 29.0 Å². The monoisotopic (exact) mass is 300 g/mol. The van der Waals surface area contributed by atoms with Crippen molar-refractivity contribution < 1.29 is 4.39 Å². The highest BCUT2D eigenvalue weighted by Gasteiger charge is 2.30. The number of hydrogen-bond donors (Lipinski definition) is 1. The first kappa shape index (κ1) is 14.7. The lowest BCUT2D eigenvalue weighted by Crippen LogP contribution is -2.32. The Labute approximate surface area is 122 Å². The van der Waals surface area contributed by atoms with Crippen LogP contribution >= 0.6 is 23.4 Å². The highest BCUT2D eigenvalue weighted by Crippen LogP contribution is 2.35. The molecule has 0 fully saturated rings. The van der Waals surface area contributed by atoms with Crippen LogP contribution in [0.1, 0.15) is 26.7 Å². The fourth-order valence-corrected chi connectivity index (χ4v) is 3.57. The molecule has 0 bridgehead atoms. The third-order valence-corrected chi connectivity index (χ3v) is 5.17. The SMILES string of the molecule is CCC1(CC)CN=C(Nc2cc(F)cc(Cl)c2)SC1. The zero-order valence-corrected chi connectivity index (χ0v) is 12.7. The predicted octanol–water partition coefficient (Wildman–Crippen LogP) is 4.80. The summed E-state index contributed by atoms with van der Waals surface area (Å²) >= 11 is 7.53. The summed E-state index contributed by atoms with van der Waals surface area (Å²) in [7, 11) is 0. The second-order valence-electron chi connectivity index (χ2n) is 4.90. The van der Waals surface area contributed by atoms with Gasteiger partial charge in [-0.3, -0.25) is 4.99 Å². The van der Waals surface area contributed by atoms with Crippen molar-refractivity contribution in [1.82, 2.24) is 0 Å². The molecule has 1 aromatic rings. The molecular formula is C14H18ClFN2S. The molecule has 0 unspecified atom stereocenters. The summed E-state index contributed by atoms with van der Waals surface area (Å²) in [6.07, 6.45) is 2.28. The maximum Gasteiger partial charge on any atom is 0.161 e. The molecule has 2 nitrogen and oxygen atoms in total. The molecule has 0 saturated heterocycles. The molecule has 0 saturated carbocycles. The van der Waals surface area contributed by atoms with E-state index in [0.29, 0.717) is 16.1 Å². The quantitative estimate of drug-likeness (QED) is 0.867. The molecule has 0 aromatic heterocycles. The molecule has 0 aliphatic carbocycles. The van der Waals surface area contributed by atoms with Crippen LogP contribution in [-0.4, -0.2) is 17.5 Å². The number of thioether (sulfide) groups is 1. The zero-order chi connectivity index (χ0) is 13.9. The lowest BCUT2D eigenvalue weighted by atomic mass is 9.84. The van der Waals surface area contributed by atoms with Gasteiger partial charge in [-0.15, -0.1) is 0 Å². The van der Waals surface area contributed by atoms with E-state index in [1.54, 1.807) is 17.8 Å². The maximum absolute atomic E-state index is 13.2. The summed E-state index contributed by atoms with van der Waals surface area (Å²) in [5.74, 6) is 0.711. The van der Waals surface area contributed by atoms with Crippen LogP contribution in [0.25, 0.3) is 0 Å². The molecule has 19 heavy (non-hydrogen) atoms. The highest BCUT2D eigenvalue weighted by molar-refractivity contribution is 8.14. The van der Waals surface area contributed by atoms with Crippen LogP contribution in [0, 0.1) is 11.2 Å². The Kier molecular flexibility index (Phi) is 4.74. The van der Waals surface area contributed by atoms with E-state index in [4.69, 9.17) is 11.6 Å². The Morgan fingerprint density at radius 2 is 2.11 bits per heavy atom. The molecule has 2 rings (SSSR count). The minimum atomic E-state index is -0.340. The number of anilines is 1. The number of rotatable bonds is 3. The van der Waals surface area contributed by atoms with Crippen molar-refractivity contribution in [3.8, 4) is 0 Å². The van der Waals surface area contributed by atoms with Gasteiger partial charge in [0.1, 0.15) is 5.82 Å². The second-order valence-corrected chi connectivity index (χ2v) is 6.30. The lowest BCUT2D eigenvalue weighted by Gasteiger charge is -2.33. The molecule has 1 heterocycles. The van der Waals surface area contributed by atoms with Gasteiger partial charge in [0.25, 0.3) is 0 Å². The molecule has 0 radical (unpaired) electrons. The fourth-order valence-electron chi connectivity index (χ4n) is 2.06. The molecule has 5 heteroatoms. The summed E-state index contributed by atoms with van der Waals surface area (Å²) < 4.78 is 13.2. The van der Waals surface area contributed by atoms with Crippen LogP contribution in [-0.2, 0) is 0 Å². The average molecular weight is 301 g/mol. The number of nitrogens with one attached hydrogen (secondary N) is 1. The van der Waals surface area contributed by atoms with Gasteiger partial charge in [-0.25, -0.2) is 4.39 Å². The van der Waals surface area contributed by atoms with E-state index in [1.165, 1.54) is 12.1 Å². The van der Waals surface area contributed by atoms with E-state index >= 15 is 0 Å². The topological polar surface area (TPSA) is 24.4 Å². The summed E-state index contributed by atoms with van der Waals surface area (Å²) in [6, 6.07) is 4.42. The summed E-state index contributed by atoms with van der Waals surface area (Å²) in [5.41, 5.74) is 0.965. The molecule has 0 spiro atoms. The van der Waals surface area contributed by atoms with E-state index < -0.39 is 0 Å². The maximum atomic E-state index is 13.2. The molecule has 1 N–H and O–H groups in total. The Morgan fingerprint density at radius 1 is 1.37 bits per heavy atom. The zero-order valence-electron chi connectivity index (χ0n) is 11.2. The fraction of sp³-hybridized carbons (Fsp3) is 0.500. The summed E-state index contributed by atoms with van der Waals surface area (Å²) in [4.78, 5) is 4.58. The first-order valence-corrected chi connectivity index (χ1v) is 7.83. The van der Waals surface area contributed by atoms with E-state index in [0.717, 1.165) is 30.3 Å². The summed E-state index contributed by atoms with van der Waals surface area (Å²) in [6.45, 7) is 5.26. The predicted molar refractivity (Wildman–Crippen MR) is 82.8 cm³/mol. The minimum Gasteiger partial charge on any atom is -0.335 e. The number of hydrogen-bond acceptors (Lipinski definition) is 3. The number of aliphatic imine (C=N–C) groups is 1. The Balaban J connectivity index is 2.07. The first-order valence-electron chi connectivity index (χ1n) is 6.47. The van der Waals surface area contributed by atoms with Crippen LogP contribution in [0.3, 0.4) is 0 Å². The smallest absolute Gasteiger partial charge is 0.161 e. The number of benzene rings is 1. The molecular weight excluding hydrogens is 283 g/mol. The van der Waals surface area contributed by atoms with E-state index in [2.05, 4.69) is 24.2 Å². The van der Waals surface area contributed by atoms with Crippen molar-refractivity contribution in [3.63, 3.8) is 0 Å². The normalized spacial score (nSPS) is 18.0. The van der Waals surface area contributed by atoms with Crippen LogP contribution < -0.4 is 5.32 Å². The van der Waals surface area contributed by atoms with Gasteiger partial charge in [0.15, 0.2) is 5.17 Å². The molecule has 1 aliphatic heterocycles. The van der Waals surface area contributed by atoms with Crippen molar-refractivity contribution >= 4 is 34.2 Å². The molecule has 0 amide bonds. The van der Waals surface area contributed by atoms with Gasteiger partial charge < -0.3 is 5.32 Å². The van der Waals surface area contributed by atoms with E-state index in [-0.39, 0.29) is 5.82 Å². The van der Waals surface area contributed by atoms with E-state index in [9.17, 15) is 4.39 Å². The van der Waals surface area contributed by atoms with Crippen LogP contribution in [0.4, 0.5) is 10.1 Å². The standard InChI is InChI=1S/C14H18ClFN2S/c1-3-14(4-2)8-17-13(19-9-14)18-12-6-10(15)5-11(16)7-12/h5-7H,3-4,8-9H2,1-2H3,(H,17,18). The molecule has 1 aliphatic rings. The van der Waals surface area contributed by atoms with Gasteiger partial charge in [-0.1, -0.05) is 37.2 Å². The Hall–Kier alpha value is -0.740. The minimum absolute atomic E-state index is 0.315. The number of amidine groups is 1. The average Bonchev–Trinajstić information content (AvgIpc) is 2.39. The van der Waals surface area contributed by atoms with Crippen molar-refractivity contribution in [1.29, 1.82) is 0 Å². The number of halogens is 2. The van der Waals surface area contributed by atoms with Gasteiger partial charge in [0, 0.05) is 23.0 Å².